The highest BCUT2D eigenvalue weighted by Crippen LogP contribution is 2.14. The van der Waals surface area contributed by atoms with Crippen LogP contribution in [0.1, 0.15) is 28.8 Å². The molecule has 118 valence electrons. The molecule has 22 heavy (non-hydrogen) atoms. The lowest BCUT2D eigenvalue weighted by Gasteiger charge is -2.07. The SMILES string of the molecule is CNCCCc1cc(F)cc(CCc2cc(C)cc(N)n2)c1. The van der Waals surface area contributed by atoms with E-state index in [1.807, 2.05) is 26.1 Å². The third-order valence-corrected chi connectivity index (χ3v) is 3.62. The fraction of sp³-hybridized carbons (Fsp3) is 0.389. The standard InChI is InChI=1S/C18H24FN3/c1-13-8-17(22-18(20)9-13)6-5-15-10-14(4-3-7-21-2)11-16(19)12-15/h8-12,21H,3-7H2,1-2H3,(H2,20,22). The minimum absolute atomic E-state index is 0.159. The van der Waals surface area contributed by atoms with Crippen molar-refractivity contribution in [1.29, 1.82) is 0 Å². The van der Waals surface area contributed by atoms with Crippen molar-refractivity contribution < 1.29 is 4.39 Å². The molecule has 2 aromatic rings. The number of rotatable bonds is 7. The minimum Gasteiger partial charge on any atom is -0.384 e. The molecule has 0 spiro atoms. The number of hydrogen-bond donors (Lipinski definition) is 2. The Morgan fingerprint density at radius 3 is 2.45 bits per heavy atom. The number of aromatic nitrogens is 1. The Kier molecular flexibility index (Phi) is 5.90. The van der Waals surface area contributed by atoms with Crippen molar-refractivity contribution in [2.24, 2.45) is 0 Å². The Labute approximate surface area is 131 Å². The molecular formula is C18H24FN3. The molecule has 0 bridgehead atoms. The summed E-state index contributed by atoms with van der Waals surface area (Å²) < 4.78 is 13.7. The van der Waals surface area contributed by atoms with E-state index in [1.54, 1.807) is 12.1 Å². The van der Waals surface area contributed by atoms with Gasteiger partial charge in [0.1, 0.15) is 11.6 Å². The molecule has 0 aliphatic carbocycles. The number of nitrogens with two attached hydrogens (primary N) is 1. The van der Waals surface area contributed by atoms with Gasteiger partial charge in [-0.15, -0.1) is 0 Å². The number of aryl methyl sites for hydroxylation is 4. The summed E-state index contributed by atoms with van der Waals surface area (Å²) in [6.07, 6.45) is 3.44. The van der Waals surface area contributed by atoms with Crippen LogP contribution in [0.5, 0.6) is 0 Å². The average molecular weight is 301 g/mol. The first-order valence-corrected chi connectivity index (χ1v) is 7.73. The summed E-state index contributed by atoms with van der Waals surface area (Å²) in [6, 6.07) is 9.22. The lowest BCUT2D eigenvalue weighted by Crippen LogP contribution is -2.08. The second kappa shape index (κ2) is 7.90. The molecule has 0 atom stereocenters. The van der Waals surface area contributed by atoms with Crippen molar-refractivity contribution in [1.82, 2.24) is 10.3 Å². The molecule has 1 heterocycles. The van der Waals surface area contributed by atoms with Crippen LogP contribution < -0.4 is 11.1 Å². The largest absolute Gasteiger partial charge is 0.384 e. The second-order valence-corrected chi connectivity index (χ2v) is 5.74. The maximum absolute atomic E-state index is 13.7. The van der Waals surface area contributed by atoms with Crippen LogP contribution in [-0.2, 0) is 19.3 Å². The summed E-state index contributed by atoms with van der Waals surface area (Å²) in [5.41, 5.74) is 9.90. The van der Waals surface area contributed by atoms with Gasteiger partial charge in [-0.25, -0.2) is 9.37 Å². The molecule has 4 heteroatoms. The molecule has 0 saturated carbocycles. The summed E-state index contributed by atoms with van der Waals surface area (Å²) in [6.45, 7) is 2.95. The van der Waals surface area contributed by atoms with E-state index in [9.17, 15) is 4.39 Å². The van der Waals surface area contributed by atoms with E-state index < -0.39 is 0 Å². The predicted molar refractivity (Wildman–Crippen MR) is 89.4 cm³/mol. The van der Waals surface area contributed by atoms with E-state index in [-0.39, 0.29) is 5.82 Å². The summed E-state index contributed by atoms with van der Waals surface area (Å²) in [5.74, 6) is 0.385. The number of pyridine rings is 1. The van der Waals surface area contributed by atoms with Gasteiger partial charge in [0.15, 0.2) is 0 Å². The Bertz CT molecular complexity index is 605. The number of nitrogens with one attached hydrogen (secondary N) is 1. The van der Waals surface area contributed by atoms with Crippen LogP contribution in [-0.4, -0.2) is 18.6 Å². The number of halogens is 1. The van der Waals surface area contributed by atoms with Crippen molar-refractivity contribution >= 4 is 5.82 Å². The highest BCUT2D eigenvalue weighted by atomic mass is 19.1. The van der Waals surface area contributed by atoms with Gasteiger partial charge < -0.3 is 11.1 Å². The Balaban J connectivity index is 2.02. The fourth-order valence-corrected chi connectivity index (χ4v) is 2.64. The molecule has 1 aromatic carbocycles. The molecule has 0 fully saturated rings. The highest BCUT2D eigenvalue weighted by molar-refractivity contribution is 5.34. The van der Waals surface area contributed by atoms with Crippen molar-refractivity contribution in [3.05, 3.63) is 58.5 Å². The van der Waals surface area contributed by atoms with Gasteiger partial charge in [-0.3, -0.25) is 0 Å². The third kappa shape index (κ3) is 5.11. The van der Waals surface area contributed by atoms with Gasteiger partial charge in [0.2, 0.25) is 0 Å². The molecule has 0 aliphatic rings. The minimum atomic E-state index is -0.159. The molecule has 0 unspecified atom stereocenters. The summed E-state index contributed by atoms with van der Waals surface area (Å²) >= 11 is 0. The van der Waals surface area contributed by atoms with E-state index in [0.717, 1.165) is 54.6 Å². The summed E-state index contributed by atoms with van der Waals surface area (Å²) in [5, 5.41) is 3.11. The van der Waals surface area contributed by atoms with E-state index in [4.69, 9.17) is 5.73 Å². The molecule has 2 rings (SSSR count). The van der Waals surface area contributed by atoms with E-state index in [1.165, 1.54) is 0 Å². The number of nitrogen functional groups attached to an aromatic ring is 1. The van der Waals surface area contributed by atoms with Crippen LogP contribution in [0, 0.1) is 12.7 Å². The molecular weight excluding hydrogens is 277 g/mol. The van der Waals surface area contributed by atoms with Gasteiger partial charge in [-0.05, 0) is 87.2 Å². The molecule has 3 nitrogen and oxygen atoms in total. The number of nitrogens with zero attached hydrogens (tertiary/aromatic N) is 1. The van der Waals surface area contributed by atoms with E-state index in [0.29, 0.717) is 5.82 Å². The number of hydrogen-bond acceptors (Lipinski definition) is 3. The Hall–Kier alpha value is -1.94. The van der Waals surface area contributed by atoms with Crippen LogP contribution in [0.15, 0.2) is 30.3 Å². The van der Waals surface area contributed by atoms with Gasteiger partial charge in [0.25, 0.3) is 0 Å². The van der Waals surface area contributed by atoms with Crippen LogP contribution in [0.4, 0.5) is 10.2 Å². The normalized spacial score (nSPS) is 10.9. The van der Waals surface area contributed by atoms with Crippen LogP contribution in [0.25, 0.3) is 0 Å². The highest BCUT2D eigenvalue weighted by Gasteiger charge is 2.04. The zero-order valence-corrected chi connectivity index (χ0v) is 13.3. The predicted octanol–water partition coefficient (Wildman–Crippen LogP) is 3.05. The molecule has 0 saturated heterocycles. The first kappa shape index (κ1) is 16.4. The number of anilines is 1. The van der Waals surface area contributed by atoms with Crippen molar-refractivity contribution in [2.75, 3.05) is 19.3 Å². The maximum atomic E-state index is 13.7. The van der Waals surface area contributed by atoms with E-state index in [2.05, 4.69) is 16.4 Å². The topological polar surface area (TPSA) is 50.9 Å². The van der Waals surface area contributed by atoms with Crippen LogP contribution in [0.2, 0.25) is 0 Å². The average Bonchev–Trinajstić information content (AvgIpc) is 2.44. The molecule has 0 aliphatic heterocycles. The van der Waals surface area contributed by atoms with Gasteiger partial charge in [0.05, 0.1) is 0 Å². The van der Waals surface area contributed by atoms with Gasteiger partial charge >= 0.3 is 0 Å². The maximum Gasteiger partial charge on any atom is 0.123 e. The third-order valence-electron chi connectivity index (χ3n) is 3.62. The lowest BCUT2D eigenvalue weighted by molar-refractivity contribution is 0.620. The summed E-state index contributed by atoms with van der Waals surface area (Å²) in [7, 11) is 1.93. The van der Waals surface area contributed by atoms with Gasteiger partial charge in [-0.2, -0.15) is 0 Å². The molecule has 0 amide bonds. The quantitative estimate of drug-likeness (QED) is 0.773. The van der Waals surface area contributed by atoms with Crippen molar-refractivity contribution in [3.63, 3.8) is 0 Å². The molecule has 3 N–H and O–H groups in total. The van der Waals surface area contributed by atoms with Crippen LogP contribution >= 0.6 is 0 Å². The molecule has 1 aromatic heterocycles. The van der Waals surface area contributed by atoms with Crippen LogP contribution in [0.3, 0.4) is 0 Å². The monoisotopic (exact) mass is 301 g/mol. The van der Waals surface area contributed by atoms with Crippen molar-refractivity contribution in [2.45, 2.75) is 32.6 Å². The molecule has 0 radical (unpaired) electrons. The summed E-state index contributed by atoms with van der Waals surface area (Å²) in [4.78, 5) is 4.33. The lowest BCUT2D eigenvalue weighted by atomic mass is 10.0. The Morgan fingerprint density at radius 2 is 1.77 bits per heavy atom. The fourth-order valence-electron chi connectivity index (χ4n) is 2.64. The second-order valence-electron chi connectivity index (χ2n) is 5.74. The first-order valence-electron chi connectivity index (χ1n) is 7.73. The smallest absolute Gasteiger partial charge is 0.123 e. The first-order chi connectivity index (χ1) is 10.6. The zero-order chi connectivity index (χ0) is 15.9. The zero-order valence-electron chi connectivity index (χ0n) is 13.3. The number of benzene rings is 1. The Morgan fingerprint density at radius 1 is 1.05 bits per heavy atom. The van der Waals surface area contributed by atoms with E-state index >= 15 is 0 Å². The van der Waals surface area contributed by atoms with Gasteiger partial charge in [-0.1, -0.05) is 6.07 Å². The van der Waals surface area contributed by atoms with Gasteiger partial charge in [0, 0.05) is 5.69 Å². The van der Waals surface area contributed by atoms with Crippen molar-refractivity contribution in [3.8, 4) is 0 Å².